The molecule has 0 aromatic heterocycles. The van der Waals surface area contributed by atoms with Gasteiger partial charge in [0.2, 0.25) is 0 Å². The Balaban J connectivity index is 1.77. The summed E-state index contributed by atoms with van der Waals surface area (Å²) in [6.07, 6.45) is 4.09. The summed E-state index contributed by atoms with van der Waals surface area (Å²) in [4.78, 5) is 0. The second kappa shape index (κ2) is 6.57. The van der Waals surface area contributed by atoms with Crippen molar-refractivity contribution < 1.29 is 5.21 Å². The van der Waals surface area contributed by atoms with Gasteiger partial charge >= 0.3 is 0 Å². The number of benzene rings is 1. The highest BCUT2D eigenvalue weighted by atomic mass is 16.4. The van der Waals surface area contributed by atoms with Crippen LogP contribution in [0.3, 0.4) is 0 Å². The fraction of sp³-hybridized carbons (Fsp3) is 0.533. The number of nitrogens with zero attached hydrogens (tertiary/aromatic N) is 1. The Morgan fingerprint density at radius 3 is 2.68 bits per heavy atom. The maximum atomic E-state index is 8.59. The minimum absolute atomic E-state index is 0.152. The standard InChI is InChI=1S/C15H23N3O/c1-11-2-3-13(8-11)10-17-9-12-4-6-14(7-5-12)15(16)18-19/h4-7,11,13,17,19H,2-3,8-10H2,1H3,(H2,16,18). The zero-order valence-electron chi connectivity index (χ0n) is 11.5. The molecular weight excluding hydrogens is 238 g/mol. The fourth-order valence-electron chi connectivity index (χ4n) is 2.78. The van der Waals surface area contributed by atoms with E-state index in [1.165, 1.54) is 24.8 Å². The van der Waals surface area contributed by atoms with Crippen LogP contribution in [0.1, 0.15) is 37.3 Å². The molecule has 2 rings (SSSR count). The Morgan fingerprint density at radius 1 is 1.37 bits per heavy atom. The van der Waals surface area contributed by atoms with Crippen molar-refractivity contribution in [3.63, 3.8) is 0 Å². The normalized spacial score (nSPS) is 23.7. The summed E-state index contributed by atoms with van der Waals surface area (Å²) < 4.78 is 0. The maximum absolute atomic E-state index is 8.59. The number of rotatable bonds is 5. The van der Waals surface area contributed by atoms with E-state index in [-0.39, 0.29) is 5.84 Å². The molecule has 0 saturated heterocycles. The zero-order valence-corrected chi connectivity index (χ0v) is 11.5. The number of nitrogens with one attached hydrogen (secondary N) is 1. The Labute approximate surface area is 114 Å². The number of nitrogens with two attached hydrogens (primary N) is 1. The Bertz CT molecular complexity index is 428. The van der Waals surface area contributed by atoms with Crippen LogP contribution in [-0.2, 0) is 6.54 Å². The van der Waals surface area contributed by atoms with Crippen LogP contribution in [0, 0.1) is 11.8 Å². The molecule has 0 aliphatic heterocycles. The number of oxime groups is 1. The summed E-state index contributed by atoms with van der Waals surface area (Å²) in [5.74, 6) is 1.89. The van der Waals surface area contributed by atoms with Gasteiger partial charge < -0.3 is 16.3 Å². The lowest BCUT2D eigenvalue weighted by Crippen LogP contribution is -2.21. The number of hydrogen-bond acceptors (Lipinski definition) is 3. The highest BCUT2D eigenvalue weighted by molar-refractivity contribution is 5.96. The Hall–Kier alpha value is -1.55. The van der Waals surface area contributed by atoms with Crippen molar-refractivity contribution in [2.45, 2.75) is 32.7 Å². The van der Waals surface area contributed by atoms with Crippen LogP contribution in [-0.4, -0.2) is 17.6 Å². The van der Waals surface area contributed by atoms with Gasteiger partial charge in [-0.05, 0) is 36.8 Å². The highest BCUT2D eigenvalue weighted by Crippen LogP contribution is 2.29. The van der Waals surface area contributed by atoms with E-state index < -0.39 is 0 Å². The van der Waals surface area contributed by atoms with Crippen LogP contribution in [0.15, 0.2) is 29.4 Å². The van der Waals surface area contributed by atoms with E-state index >= 15 is 0 Å². The van der Waals surface area contributed by atoms with Crippen LogP contribution in [0.25, 0.3) is 0 Å². The molecule has 0 amide bonds. The summed E-state index contributed by atoms with van der Waals surface area (Å²) in [5.41, 5.74) is 7.49. The van der Waals surface area contributed by atoms with Crippen LogP contribution in [0.2, 0.25) is 0 Å². The first-order valence-electron chi connectivity index (χ1n) is 6.96. The first kappa shape index (κ1) is 13.9. The van der Waals surface area contributed by atoms with E-state index in [0.717, 1.165) is 30.5 Å². The average Bonchev–Trinajstić information content (AvgIpc) is 2.84. The molecular formula is C15H23N3O. The van der Waals surface area contributed by atoms with Crippen LogP contribution in [0.4, 0.5) is 0 Å². The molecule has 4 heteroatoms. The van der Waals surface area contributed by atoms with Crippen molar-refractivity contribution in [2.24, 2.45) is 22.7 Å². The summed E-state index contributed by atoms with van der Waals surface area (Å²) in [7, 11) is 0. The monoisotopic (exact) mass is 261 g/mol. The smallest absolute Gasteiger partial charge is 0.170 e. The molecule has 1 aromatic rings. The van der Waals surface area contributed by atoms with Gasteiger partial charge in [-0.15, -0.1) is 0 Å². The molecule has 1 saturated carbocycles. The van der Waals surface area contributed by atoms with Gasteiger partial charge in [-0.1, -0.05) is 42.8 Å². The van der Waals surface area contributed by atoms with Crippen molar-refractivity contribution in [2.75, 3.05) is 6.54 Å². The quantitative estimate of drug-likeness (QED) is 0.330. The van der Waals surface area contributed by atoms with Gasteiger partial charge in [0.05, 0.1) is 0 Å². The third-order valence-corrected chi connectivity index (χ3v) is 3.92. The topological polar surface area (TPSA) is 70.6 Å². The van der Waals surface area contributed by atoms with Crippen molar-refractivity contribution in [1.82, 2.24) is 5.32 Å². The van der Waals surface area contributed by atoms with E-state index in [0.29, 0.717) is 0 Å². The minimum Gasteiger partial charge on any atom is -0.409 e. The maximum Gasteiger partial charge on any atom is 0.170 e. The second-order valence-electron chi connectivity index (χ2n) is 5.60. The largest absolute Gasteiger partial charge is 0.409 e. The van der Waals surface area contributed by atoms with Gasteiger partial charge in [-0.25, -0.2) is 0 Å². The molecule has 2 atom stereocenters. The van der Waals surface area contributed by atoms with Crippen LogP contribution < -0.4 is 11.1 Å². The van der Waals surface area contributed by atoms with Crippen molar-refractivity contribution in [1.29, 1.82) is 0 Å². The first-order chi connectivity index (χ1) is 9.19. The van der Waals surface area contributed by atoms with Gasteiger partial charge in [0.25, 0.3) is 0 Å². The molecule has 0 radical (unpaired) electrons. The SMILES string of the molecule is CC1CCC(CNCc2ccc(/C(N)=N/O)cc2)C1. The molecule has 1 fully saturated rings. The lowest BCUT2D eigenvalue weighted by atomic mass is 10.1. The Morgan fingerprint density at radius 2 is 2.11 bits per heavy atom. The highest BCUT2D eigenvalue weighted by Gasteiger charge is 2.20. The first-order valence-corrected chi connectivity index (χ1v) is 6.96. The summed E-state index contributed by atoms with van der Waals surface area (Å²) in [6, 6.07) is 7.78. The molecule has 1 aliphatic rings. The molecule has 4 N–H and O–H groups in total. The van der Waals surface area contributed by atoms with E-state index in [1.54, 1.807) is 0 Å². The van der Waals surface area contributed by atoms with Gasteiger partial charge in [0, 0.05) is 12.1 Å². The van der Waals surface area contributed by atoms with E-state index in [4.69, 9.17) is 10.9 Å². The lowest BCUT2D eigenvalue weighted by molar-refractivity contribution is 0.318. The predicted octanol–water partition coefficient (Wildman–Crippen LogP) is 2.31. The van der Waals surface area contributed by atoms with Gasteiger partial charge in [0.15, 0.2) is 5.84 Å². The van der Waals surface area contributed by atoms with E-state index in [1.807, 2.05) is 24.3 Å². The summed E-state index contributed by atoms with van der Waals surface area (Å²) in [6.45, 7) is 4.32. The summed E-state index contributed by atoms with van der Waals surface area (Å²) >= 11 is 0. The third-order valence-electron chi connectivity index (χ3n) is 3.92. The van der Waals surface area contributed by atoms with Crippen LogP contribution in [0.5, 0.6) is 0 Å². The predicted molar refractivity (Wildman–Crippen MR) is 77.2 cm³/mol. The van der Waals surface area contributed by atoms with Crippen LogP contribution >= 0.6 is 0 Å². The molecule has 2 unspecified atom stereocenters. The van der Waals surface area contributed by atoms with Crippen molar-refractivity contribution in [3.8, 4) is 0 Å². The molecule has 0 heterocycles. The number of hydrogen-bond donors (Lipinski definition) is 3. The molecule has 0 spiro atoms. The van der Waals surface area contributed by atoms with Crippen molar-refractivity contribution >= 4 is 5.84 Å². The minimum atomic E-state index is 0.152. The molecule has 1 aliphatic carbocycles. The Kier molecular flexibility index (Phi) is 4.80. The number of amidine groups is 1. The molecule has 104 valence electrons. The zero-order chi connectivity index (χ0) is 13.7. The molecule has 1 aromatic carbocycles. The lowest BCUT2D eigenvalue weighted by Gasteiger charge is -2.11. The van der Waals surface area contributed by atoms with Gasteiger partial charge in [0.1, 0.15) is 0 Å². The molecule has 4 nitrogen and oxygen atoms in total. The molecule has 19 heavy (non-hydrogen) atoms. The fourth-order valence-corrected chi connectivity index (χ4v) is 2.78. The van der Waals surface area contributed by atoms with Crippen molar-refractivity contribution in [3.05, 3.63) is 35.4 Å². The molecule has 0 bridgehead atoms. The van der Waals surface area contributed by atoms with E-state index in [9.17, 15) is 0 Å². The van der Waals surface area contributed by atoms with E-state index in [2.05, 4.69) is 17.4 Å². The average molecular weight is 261 g/mol. The third kappa shape index (κ3) is 3.96. The summed E-state index contributed by atoms with van der Waals surface area (Å²) in [5, 5.41) is 15.1. The van der Waals surface area contributed by atoms with Gasteiger partial charge in [-0.2, -0.15) is 0 Å². The second-order valence-corrected chi connectivity index (χ2v) is 5.60. The van der Waals surface area contributed by atoms with Gasteiger partial charge in [-0.3, -0.25) is 0 Å².